The largest absolute Gasteiger partial charge is 0.508 e. The van der Waals surface area contributed by atoms with Crippen LogP contribution in [0.15, 0.2) is 72.8 Å². The summed E-state index contributed by atoms with van der Waals surface area (Å²) in [6.45, 7) is 0. The van der Waals surface area contributed by atoms with Gasteiger partial charge < -0.3 is 45.2 Å². The molecule has 0 spiro atoms. The molecule has 0 aliphatic rings. The van der Waals surface area contributed by atoms with Crippen LogP contribution in [0, 0.1) is 0 Å². The molecule has 0 radical (unpaired) electrons. The summed E-state index contributed by atoms with van der Waals surface area (Å²) < 4.78 is 9.76. The van der Waals surface area contributed by atoms with Crippen LogP contribution in [0.5, 0.6) is 17.2 Å². The Hall–Kier alpha value is -4.65. The number of hydrogen-bond acceptors (Lipinski definition) is 9. The lowest BCUT2D eigenvalue weighted by atomic mass is 10.1. The highest BCUT2D eigenvalue weighted by Crippen LogP contribution is 2.19. The molecular formula is C27H30O12. The van der Waals surface area contributed by atoms with Crippen LogP contribution < -0.4 is 9.47 Å². The molecule has 0 aliphatic carbocycles. The molecule has 7 N–H and O–H groups in total. The van der Waals surface area contributed by atoms with Crippen LogP contribution in [0.4, 0.5) is 0 Å². The highest BCUT2D eigenvalue weighted by atomic mass is 16.5. The number of aliphatic hydroxyl groups is 3. The van der Waals surface area contributed by atoms with E-state index in [1.54, 1.807) is 36.4 Å². The molecule has 0 saturated carbocycles. The van der Waals surface area contributed by atoms with Gasteiger partial charge in [-0.1, -0.05) is 36.4 Å². The van der Waals surface area contributed by atoms with E-state index in [-0.39, 0.29) is 12.2 Å². The number of carboxylic acids is 3. The van der Waals surface area contributed by atoms with Gasteiger partial charge in [0.15, 0.2) is 18.3 Å². The number of aliphatic carboxylic acids is 3. The summed E-state index contributed by atoms with van der Waals surface area (Å²) in [7, 11) is 2.99. The molecule has 3 aromatic carbocycles. The van der Waals surface area contributed by atoms with Gasteiger partial charge in [-0.15, -0.1) is 0 Å². The van der Waals surface area contributed by atoms with Gasteiger partial charge in [-0.05, 0) is 53.1 Å². The molecule has 3 atom stereocenters. The molecule has 0 saturated heterocycles. The number of carbonyl (C=O) groups is 3. The quantitative estimate of drug-likeness (QED) is 0.205. The zero-order valence-corrected chi connectivity index (χ0v) is 21.0. The summed E-state index contributed by atoms with van der Waals surface area (Å²) in [6, 6.07) is 18.6. The number of aliphatic hydroxyl groups excluding tert-OH is 3. The molecule has 12 heteroatoms. The first-order chi connectivity index (χ1) is 18.4. The number of phenolic OH excluding ortho intramolecular Hbond substituents is 1. The smallest absolute Gasteiger partial charge is 0.337 e. The normalized spacial score (nSPS) is 12.2. The third kappa shape index (κ3) is 11.5. The van der Waals surface area contributed by atoms with Crippen molar-refractivity contribution >= 4 is 17.9 Å². The zero-order valence-electron chi connectivity index (χ0n) is 21.0. The number of methoxy groups -OCH3 is 2. The topological polar surface area (TPSA) is 211 Å². The van der Waals surface area contributed by atoms with Crippen molar-refractivity contribution in [3.63, 3.8) is 0 Å². The van der Waals surface area contributed by atoms with E-state index in [1.165, 1.54) is 50.6 Å². The molecule has 0 bridgehead atoms. The fraction of sp³-hybridized carbons (Fsp3) is 0.222. The Kier molecular flexibility index (Phi) is 13.5. The number of hydrogen-bond donors (Lipinski definition) is 7. The van der Waals surface area contributed by atoms with Crippen LogP contribution >= 0.6 is 0 Å². The van der Waals surface area contributed by atoms with Gasteiger partial charge in [-0.3, -0.25) is 0 Å². The maximum atomic E-state index is 10.4. The molecule has 39 heavy (non-hydrogen) atoms. The molecule has 0 aromatic heterocycles. The average Bonchev–Trinajstić information content (AvgIpc) is 2.94. The summed E-state index contributed by atoms with van der Waals surface area (Å²) in [5, 5.41) is 61.6. The van der Waals surface area contributed by atoms with Crippen LogP contribution in [-0.4, -0.2) is 74.0 Å². The van der Waals surface area contributed by atoms with E-state index in [2.05, 4.69) is 0 Å². The molecule has 0 amide bonds. The molecular weight excluding hydrogens is 516 g/mol. The number of carboxylic acid groups (broad SMARTS) is 3. The van der Waals surface area contributed by atoms with E-state index >= 15 is 0 Å². The number of phenols is 1. The summed E-state index contributed by atoms with van der Waals surface area (Å²) >= 11 is 0. The van der Waals surface area contributed by atoms with Crippen LogP contribution in [0.3, 0.4) is 0 Å². The second-order valence-electron chi connectivity index (χ2n) is 7.76. The van der Waals surface area contributed by atoms with Crippen molar-refractivity contribution in [2.45, 2.75) is 24.7 Å². The first-order valence-corrected chi connectivity index (χ1v) is 11.2. The van der Waals surface area contributed by atoms with Crippen LogP contribution in [0.25, 0.3) is 0 Å². The number of aromatic hydroxyl groups is 1. The molecule has 210 valence electrons. The number of ether oxygens (including phenoxy) is 2. The SMILES string of the molecule is COc1ccc(C(O)C(=O)O)cc1.COc1cccc(C(O)C(=O)O)c1.O=C(O)C(O)Cc1ccc(O)cc1. The average molecular weight is 547 g/mol. The molecule has 0 aliphatic heterocycles. The van der Waals surface area contributed by atoms with E-state index in [0.717, 1.165) is 0 Å². The number of rotatable bonds is 9. The van der Waals surface area contributed by atoms with E-state index in [1.807, 2.05) is 0 Å². The molecule has 12 nitrogen and oxygen atoms in total. The van der Waals surface area contributed by atoms with Crippen molar-refractivity contribution in [1.82, 2.24) is 0 Å². The summed E-state index contributed by atoms with van der Waals surface area (Å²) in [5.74, 6) is -2.50. The molecule has 3 aromatic rings. The molecule has 3 unspecified atom stereocenters. The van der Waals surface area contributed by atoms with Gasteiger partial charge in [-0.2, -0.15) is 0 Å². The minimum atomic E-state index is -1.49. The lowest BCUT2D eigenvalue weighted by Crippen LogP contribution is -2.21. The van der Waals surface area contributed by atoms with Crippen molar-refractivity contribution in [3.05, 3.63) is 89.5 Å². The van der Waals surface area contributed by atoms with Gasteiger partial charge in [0.25, 0.3) is 0 Å². The van der Waals surface area contributed by atoms with Crippen molar-refractivity contribution < 1.29 is 59.6 Å². The Balaban J connectivity index is 0.000000292. The van der Waals surface area contributed by atoms with Crippen molar-refractivity contribution in [3.8, 4) is 17.2 Å². The van der Waals surface area contributed by atoms with Crippen LogP contribution in [0.2, 0.25) is 0 Å². The third-order valence-corrected chi connectivity index (χ3v) is 4.96. The fourth-order valence-electron chi connectivity index (χ4n) is 2.83. The molecule has 3 rings (SSSR count). The lowest BCUT2D eigenvalue weighted by molar-refractivity contribution is -0.147. The second kappa shape index (κ2) is 16.2. The molecule has 0 heterocycles. The monoisotopic (exact) mass is 546 g/mol. The van der Waals surface area contributed by atoms with Crippen LogP contribution in [-0.2, 0) is 20.8 Å². The Morgan fingerprint density at radius 2 is 1.18 bits per heavy atom. The minimum Gasteiger partial charge on any atom is -0.508 e. The first-order valence-electron chi connectivity index (χ1n) is 11.2. The lowest BCUT2D eigenvalue weighted by Gasteiger charge is -2.06. The van der Waals surface area contributed by atoms with E-state index in [9.17, 15) is 14.4 Å². The minimum absolute atomic E-state index is 0.0512. The first kappa shape index (κ1) is 32.4. The van der Waals surface area contributed by atoms with Crippen molar-refractivity contribution in [2.24, 2.45) is 0 Å². The number of benzene rings is 3. The van der Waals surface area contributed by atoms with Gasteiger partial charge in [0.2, 0.25) is 0 Å². The molecule has 0 fully saturated rings. The predicted molar refractivity (Wildman–Crippen MR) is 137 cm³/mol. The Morgan fingerprint density at radius 3 is 1.64 bits per heavy atom. The summed E-state index contributed by atoms with van der Waals surface area (Å²) in [5.41, 5.74) is 1.33. The van der Waals surface area contributed by atoms with E-state index in [4.69, 9.17) is 45.2 Å². The zero-order chi connectivity index (χ0) is 29.5. The fourth-order valence-corrected chi connectivity index (χ4v) is 2.83. The Bertz CT molecular complexity index is 1190. The van der Waals surface area contributed by atoms with Gasteiger partial charge in [-0.25, -0.2) is 14.4 Å². The van der Waals surface area contributed by atoms with Crippen LogP contribution in [0.1, 0.15) is 28.9 Å². The van der Waals surface area contributed by atoms with Crippen molar-refractivity contribution in [2.75, 3.05) is 14.2 Å². The van der Waals surface area contributed by atoms with Gasteiger partial charge in [0, 0.05) is 6.42 Å². The summed E-state index contributed by atoms with van der Waals surface area (Å²) in [6.07, 6.45) is -4.29. The maximum Gasteiger partial charge on any atom is 0.337 e. The maximum absolute atomic E-state index is 10.4. The predicted octanol–water partition coefficient (Wildman–Crippen LogP) is 2.01. The van der Waals surface area contributed by atoms with Gasteiger partial charge >= 0.3 is 17.9 Å². The van der Waals surface area contributed by atoms with Crippen molar-refractivity contribution in [1.29, 1.82) is 0 Å². The highest BCUT2D eigenvalue weighted by Gasteiger charge is 2.16. The third-order valence-electron chi connectivity index (χ3n) is 4.96. The second-order valence-corrected chi connectivity index (χ2v) is 7.76. The van der Waals surface area contributed by atoms with Gasteiger partial charge in [0.1, 0.15) is 17.2 Å². The van der Waals surface area contributed by atoms with E-state index in [0.29, 0.717) is 28.2 Å². The Morgan fingerprint density at radius 1 is 0.667 bits per heavy atom. The standard InChI is InChI=1S/3C9H10O4/c1-13-7-4-2-6(3-5-7)8(10)9(11)12;1-13-7-4-2-3-6(5-7)8(10)9(11)12;10-7-3-1-6(2-4-7)5-8(11)9(12)13/h2*2-5,8,10H,1H3,(H,11,12);1-4,8,10-11H,5H2,(H,12,13). The van der Waals surface area contributed by atoms with E-state index < -0.39 is 36.2 Å². The van der Waals surface area contributed by atoms with Gasteiger partial charge in [0.05, 0.1) is 14.2 Å². The highest BCUT2D eigenvalue weighted by molar-refractivity contribution is 5.74. The Labute approximate surface area is 223 Å². The summed E-state index contributed by atoms with van der Waals surface area (Å²) in [4.78, 5) is 31.1.